The lowest BCUT2D eigenvalue weighted by Gasteiger charge is -2.23. The summed E-state index contributed by atoms with van der Waals surface area (Å²) in [5.41, 5.74) is -0.0338. The number of aromatic nitrogens is 1. The predicted octanol–water partition coefficient (Wildman–Crippen LogP) is 0.635. The summed E-state index contributed by atoms with van der Waals surface area (Å²) >= 11 is 0. The largest absolute Gasteiger partial charge is 0.448 e. The molecule has 1 aromatic rings. The van der Waals surface area contributed by atoms with Gasteiger partial charge in [-0.3, -0.25) is 9.59 Å². The maximum Gasteiger partial charge on any atom is 0.273 e. The van der Waals surface area contributed by atoms with Crippen LogP contribution >= 0.6 is 0 Å². The van der Waals surface area contributed by atoms with E-state index >= 15 is 0 Å². The Kier molecular flexibility index (Phi) is 3.36. The first-order valence-electron chi connectivity index (χ1n) is 6.05. The van der Waals surface area contributed by atoms with E-state index in [4.69, 9.17) is 4.42 Å². The molecule has 1 fully saturated rings. The van der Waals surface area contributed by atoms with E-state index < -0.39 is 0 Å². The molecule has 0 saturated carbocycles. The summed E-state index contributed by atoms with van der Waals surface area (Å²) in [6.45, 7) is 4.21. The number of hydrogen-bond acceptors (Lipinski definition) is 4. The zero-order chi connectivity index (χ0) is 13.2. The molecule has 0 aromatic carbocycles. The van der Waals surface area contributed by atoms with E-state index in [2.05, 4.69) is 15.6 Å². The quantitative estimate of drug-likeness (QED) is 0.822. The number of aryl methyl sites for hydroxylation is 1. The van der Waals surface area contributed by atoms with Crippen molar-refractivity contribution >= 4 is 11.8 Å². The van der Waals surface area contributed by atoms with Crippen molar-refractivity contribution in [3.8, 4) is 0 Å². The molecule has 1 aromatic heterocycles. The molecule has 18 heavy (non-hydrogen) atoms. The van der Waals surface area contributed by atoms with Gasteiger partial charge in [0.25, 0.3) is 5.91 Å². The second-order valence-corrected chi connectivity index (χ2v) is 4.77. The smallest absolute Gasteiger partial charge is 0.273 e. The van der Waals surface area contributed by atoms with Gasteiger partial charge in [-0.15, -0.1) is 0 Å². The van der Waals surface area contributed by atoms with Crippen LogP contribution in [0.5, 0.6) is 0 Å². The van der Waals surface area contributed by atoms with Gasteiger partial charge in [-0.2, -0.15) is 0 Å². The van der Waals surface area contributed by atoms with Gasteiger partial charge >= 0.3 is 0 Å². The fraction of sp³-hybridized carbons (Fsp3) is 0.583. The summed E-state index contributed by atoms with van der Waals surface area (Å²) in [6.07, 6.45) is 3.13. The Morgan fingerprint density at radius 1 is 1.67 bits per heavy atom. The van der Waals surface area contributed by atoms with E-state index in [0.29, 0.717) is 30.8 Å². The zero-order valence-corrected chi connectivity index (χ0v) is 10.6. The lowest BCUT2D eigenvalue weighted by Crippen LogP contribution is -2.48. The van der Waals surface area contributed by atoms with Crippen LogP contribution < -0.4 is 10.6 Å². The van der Waals surface area contributed by atoms with Gasteiger partial charge in [0.15, 0.2) is 12.1 Å². The van der Waals surface area contributed by atoms with Crippen LogP contribution in [0.25, 0.3) is 0 Å². The van der Waals surface area contributed by atoms with Gasteiger partial charge in [0.2, 0.25) is 5.91 Å². The number of nitrogens with zero attached hydrogens (tertiary/aromatic N) is 1. The lowest BCUT2D eigenvalue weighted by atomic mass is 10.0. The second-order valence-electron chi connectivity index (χ2n) is 4.77. The maximum atomic E-state index is 11.9. The molecule has 2 rings (SSSR count). The molecule has 0 bridgehead atoms. The first kappa shape index (κ1) is 12.6. The number of carbonyl (C=O) groups excluding carboxylic acids is 2. The predicted molar refractivity (Wildman–Crippen MR) is 64.0 cm³/mol. The Morgan fingerprint density at radius 2 is 2.44 bits per heavy atom. The van der Waals surface area contributed by atoms with E-state index in [1.165, 1.54) is 6.39 Å². The van der Waals surface area contributed by atoms with Crippen molar-refractivity contribution in [3.05, 3.63) is 17.8 Å². The van der Waals surface area contributed by atoms with E-state index in [1.807, 2.05) is 13.8 Å². The Morgan fingerprint density at radius 3 is 3.06 bits per heavy atom. The molecule has 1 saturated heterocycles. The Hall–Kier alpha value is -1.85. The number of rotatable bonds is 4. The molecular formula is C12H17N3O3. The minimum atomic E-state index is -0.358. The lowest BCUT2D eigenvalue weighted by molar-refractivity contribution is -0.119. The third-order valence-electron chi connectivity index (χ3n) is 3.16. The van der Waals surface area contributed by atoms with Crippen LogP contribution in [0.4, 0.5) is 0 Å². The first-order chi connectivity index (χ1) is 8.54. The standard InChI is InChI=1S/C12H17N3O3/c1-3-8-10(14-7-18-8)11(17)13-6-12(2)5-4-9(16)15-12/h7H,3-6H2,1-2H3,(H,13,17)(H,15,16). The highest BCUT2D eigenvalue weighted by Gasteiger charge is 2.33. The monoisotopic (exact) mass is 251 g/mol. The molecule has 6 nitrogen and oxygen atoms in total. The van der Waals surface area contributed by atoms with Gasteiger partial charge in [-0.05, 0) is 13.3 Å². The van der Waals surface area contributed by atoms with Crippen LogP contribution in [-0.4, -0.2) is 28.9 Å². The third kappa shape index (κ3) is 2.52. The van der Waals surface area contributed by atoms with E-state index in [1.54, 1.807) is 0 Å². The number of carbonyl (C=O) groups is 2. The van der Waals surface area contributed by atoms with Crippen LogP contribution in [0.1, 0.15) is 42.9 Å². The second kappa shape index (κ2) is 4.80. The molecule has 2 amide bonds. The molecule has 0 spiro atoms. The minimum Gasteiger partial charge on any atom is -0.448 e. The van der Waals surface area contributed by atoms with Crippen molar-refractivity contribution < 1.29 is 14.0 Å². The van der Waals surface area contributed by atoms with Crippen molar-refractivity contribution in [2.24, 2.45) is 0 Å². The molecule has 98 valence electrons. The Balaban J connectivity index is 1.95. The summed E-state index contributed by atoms with van der Waals surface area (Å²) in [5, 5.41) is 5.65. The minimum absolute atomic E-state index is 0.0300. The van der Waals surface area contributed by atoms with Gasteiger partial charge < -0.3 is 15.1 Å². The fourth-order valence-electron chi connectivity index (χ4n) is 2.05. The highest BCUT2D eigenvalue weighted by molar-refractivity contribution is 5.93. The van der Waals surface area contributed by atoms with Crippen LogP contribution in [0.2, 0.25) is 0 Å². The third-order valence-corrected chi connectivity index (χ3v) is 3.16. The van der Waals surface area contributed by atoms with Crippen LogP contribution in [0, 0.1) is 0 Å². The highest BCUT2D eigenvalue weighted by atomic mass is 16.3. The average Bonchev–Trinajstić information content (AvgIpc) is 2.93. The van der Waals surface area contributed by atoms with Gasteiger partial charge in [0.05, 0.1) is 5.54 Å². The van der Waals surface area contributed by atoms with E-state index in [-0.39, 0.29) is 17.4 Å². The van der Waals surface area contributed by atoms with Gasteiger partial charge in [-0.25, -0.2) is 4.98 Å². The van der Waals surface area contributed by atoms with Crippen molar-refractivity contribution in [2.45, 2.75) is 38.6 Å². The fourth-order valence-corrected chi connectivity index (χ4v) is 2.05. The first-order valence-corrected chi connectivity index (χ1v) is 6.05. The van der Waals surface area contributed by atoms with Crippen LogP contribution in [0.3, 0.4) is 0 Å². The van der Waals surface area contributed by atoms with E-state index in [0.717, 1.165) is 6.42 Å². The van der Waals surface area contributed by atoms with Crippen molar-refractivity contribution in [3.63, 3.8) is 0 Å². The number of nitrogens with one attached hydrogen (secondary N) is 2. The summed E-state index contributed by atoms with van der Waals surface area (Å²) in [7, 11) is 0. The summed E-state index contributed by atoms with van der Waals surface area (Å²) in [5.74, 6) is 0.346. The average molecular weight is 251 g/mol. The molecular weight excluding hydrogens is 234 g/mol. The molecule has 1 atom stereocenters. The van der Waals surface area contributed by atoms with Gasteiger partial charge in [0.1, 0.15) is 5.76 Å². The number of oxazole rings is 1. The molecule has 0 radical (unpaired) electrons. The molecule has 2 N–H and O–H groups in total. The maximum absolute atomic E-state index is 11.9. The summed E-state index contributed by atoms with van der Waals surface area (Å²) < 4.78 is 5.11. The molecule has 1 aliphatic rings. The Labute approximate surface area is 105 Å². The normalized spacial score (nSPS) is 22.9. The van der Waals surface area contributed by atoms with Gasteiger partial charge in [0, 0.05) is 19.4 Å². The molecule has 1 aliphatic heterocycles. The molecule has 0 aliphatic carbocycles. The summed E-state index contributed by atoms with van der Waals surface area (Å²) in [4.78, 5) is 27.0. The molecule has 2 heterocycles. The topological polar surface area (TPSA) is 84.2 Å². The highest BCUT2D eigenvalue weighted by Crippen LogP contribution is 2.18. The number of hydrogen-bond donors (Lipinski definition) is 2. The van der Waals surface area contributed by atoms with Crippen molar-refractivity contribution in [1.82, 2.24) is 15.6 Å². The molecule has 1 unspecified atom stereocenters. The Bertz CT molecular complexity index is 469. The number of amides is 2. The summed E-state index contributed by atoms with van der Waals surface area (Å²) in [6, 6.07) is 0. The zero-order valence-electron chi connectivity index (χ0n) is 10.6. The van der Waals surface area contributed by atoms with Crippen molar-refractivity contribution in [2.75, 3.05) is 6.54 Å². The van der Waals surface area contributed by atoms with Crippen LogP contribution in [0.15, 0.2) is 10.8 Å². The van der Waals surface area contributed by atoms with Gasteiger partial charge in [-0.1, -0.05) is 6.92 Å². The van der Waals surface area contributed by atoms with Crippen molar-refractivity contribution in [1.29, 1.82) is 0 Å². The van der Waals surface area contributed by atoms with E-state index in [9.17, 15) is 9.59 Å². The SMILES string of the molecule is CCc1ocnc1C(=O)NCC1(C)CCC(=O)N1. The molecule has 6 heteroatoms. The van der Waals surface area contributed by atoms with Crippen LogP contribution in [-0.2, 0) is 11.2 Å².